The zero-order valence-corrected chi connectivity index (χ0v) is 12.9. The lowest BCUT2D eigenvalue weighted by atomic mass is 9.99. The molecule has 0 radical (unpaired) electrons. The predicted molar refractivity (Wildman–Crippen MR) is 81.9 cm³/mol. The number of benzene rings is 1. The quantitative estimate of drug-likeness (QED) is 0.898. The lowest BCUT2D eigenvalue weighted by Gasteiger charge is -2.20. The van der Waals surface area contributed by atoms with Gasteiger partial charge >= 0.3 is 0 Å². The molecule has 0 saturated carbocycles. The fourth-order valence-corrected chi connectivity index (χ4v) is 2.64. The van der Waals surface area contributed by atoms with E-state index in [0.29, 0.717) is 12.5 Å². The summed E-state index contributed by atoms with van der Waals surface area (Å²) in [5.41, 5.74) is 6.87. The lowest BCUT2D eigenvalue weighted by molar-refractivity contribution is -0.132. The van der Waals surface area contributed by atoms with E-state index < -0.39 is 6.04 Å². The molecule has 2 atom stereocenters. The molecule has 2 unspecified atom stereocenters. The van der Waals surface area contributed by atoms with Gasteiger partial charge < -0.3 is 15.4 Å². The maximum atomic E-state index is 12.9. The fraction of sp³-hybridized carbons (Fsp3) is 0.533. The van der Waals surface area contributed by atoms with Gasteiger partial charge in [-0.2, -0.15) is 0 Å². The number of methoxy groups -OCH3 is 1. The number of hydrogen-bond donors (Lipinski definition) is 1. The fourth-order valence-electron chi connectivity index (χ4n) is 2.64. The van der Waals surface area contributed by atoms with E-state index in [0.717, 1.165) is 24.9 Å². The molecular weight excluding hydrogens is 295 g/mol. The van der Waals surface area contributed by atoms with Crippen LogP contribution in [0, 0.1) is 11.7 Å². The van der Waals surface area contributed by atoms with E-state index in [2.05, 4.69) is 0 Å². The molecule has 1 aromatic carbocycles. The molecule has 4 nitrogen and oxygen atoms in total. The van der Waals surface area contributed by atoms with E-state index in [1.165, 1.54) is 19.2 Å². The summed E-state index contributed by atoms with van der Waals surface area (Å²) in [6.07, 6.45) is 1.83. The van der Waals surface area contributed by atoms with Crippen LogP contribution in [0.4, 0.5) is 4.39 Å². The van der Waals surface area contributed by atoms with Gasteiger partial charge in [-0.15, -0.1) is 12.4 Å². The summed E-state index contributed by atoms with van der Waals surface area (Å²) >= 11 is 0. The molecule has 1 aliphatic heterocycles. The first kappa shape index (κ1) is 17.9. The molecule has 1 amide bonds. The van der Waals surface area contributed by atoms with Gasteiger partial charge in [-0.05, 0) is 36.5 Å². The van der Waals surface area contributed by atoms with Crippen LogP contribution in [-0.4, -0.2) is 43.7 Å². The van der Waals surface area contributed by atoms with Crippen LogP contribution >= 0.6 is 12.4 Å². The summed E-state index contributed by atoms with van der Waals surface area (Å²) in [7, 11) is 1.54. The van der Waals surface area contributed by atoms with E-state index in [1.807, 2.05) is 0 Å². The van der Waals surface area contributed by atoms with Gasteiger partial charge in [-0.1, -0.05) is 12.1 Å². The van der Waals surface area contributed by atoms with Crippen LogP contribution in [0.2, 0.25) is 0 Å². The van der Waals surface area contributed by atoms with Gasteiger partial charge in [-0.3, -0.25) is 4.79 Å². The van der Waals surface area contributed by atoms with Crippen LogP contribution < -0.4 is 5.73 Å². The number of rotatable bonds is 5. The third kappa shape index (κ3) is 4.95. The molecule has 1 aliphatic rings. The second-order valence-corrected chi connectivity index (χ2v) is 5.33. The average Bonchev–Trinajstić information content (AvgIpc) is 2.89. The number of nitrogens with two attached hydrogens (primary N) is 1. The second-order valence-electron chi connectivity index (χ2n) is 5.33. The third-order valence-corrected chi connectivity index (χ3v) is 3.70. The van der Waals surface area contributed by atoms with Gasteiger partial charge in [0.1, 0.15) is 11.9 Å². The number of halogens is 2. The van der Waals surface area contributed by atoms with Crippen LogP contribution in [0.15, 0.2) is 24.3 Å². The highest BCUT2D eigenvalue weighted by atomic mass is 35.5. The van der Waals surface area contributed by atoms with Crippen molar-refractivity contribution >= 4 is 18.3 Å². The molecule has 6 heteroatoms. The number of carbonyl (C=O) groups is 1. The van der Waals surface area contributed by atoms with Crippen molar-refractivity contribution in [3.05, 3.63) is 35.6 Å². The SMILES string of the molecule is COCC(N)C(=O)N1CCC(Cc2ccc(F)cc2)C1.Cl. The highest BCUT2D eigenvalue weighted by Crippen LogP contribution is 2.21. The number of nitrogens with zero attached hydrogens (tertiary/aromatic N) is 1. The van der Waals surface area contributed by atoms with Crippen LogP contribution in [0.1, 0.15) is 12.0 Å². The maximum absolute atomic E-state index is 12.9. The second kappa shape index (κ2) is 8.32. The molecule has 1 heterocycles. The summed E-state index contributed by atoms with van der Waals surface area (Å²) < 4.78 is 17.8. The van der Waals surface area contributed by atoms with Gasteiger partial charge in [0.15, 0.2) is 0 Å². The Morgan fingerprint density at radius 1 is 1.48 bits per heavy atom. The first-order chi connectivity index (χ1) is 9.60. The van der Waals surface area contributed by atoms with Gasteiger partial charge in [-0.25, -0.2) is 4.39 Å². The summed E-state index contributed by atoms with van der Waals surface area (Å²) in [6.45, 7) is 1.70. The van der Waals surface area contributed by atoms with Crippen molar-refractivity contribution in [2.75, 3.05) is 26.8 Å². The van der Waals surface area contributed by atoms with Crippen molar-refractivity contribution in [1.82, 2.24) is 4.90 Å². The molecule has 0 bridgehead atoms. The molecule has 21 heavy (non-hydrogen) atoms. The monoisotopic (exact) mass is 316 g/mol. The summed E-state index contributed by atoms with van der Waals surface area (Å²) in [6, 6.07) is 5.97. The predicted octanol–water partition coefficient (Wildman–Crippen LogP) is 1.61. The number of carbonyl (C=O) groups excluding carboxylic acids is 1. The molecule has 1 fully saturated rings. The molecule has 0 aliphatic carbocycles. The zero-order chi connectivity index (χ0) is 14.5. The minimum Gasteiger partial charge on any atom is -0.383 e. The lowest BCUT2D eigenvalue weighted by Crippen LogP contribution is -2.45. The smallest absolute Gasteiger partial charge is 0.241 e. The van der Waals surface area contributed by atoms with Crippen LogP contribution in [0.3, 0.4) is 0 Å². The molecular formula is C15H22ClFN2O2. The van der Waals surface area contributed by atoms with Crippen molar-refractivity contribution in [2.24, 2.45) is 11.7 Å². The molecule has 0 aromatic heterocycles. The van der Waals surface area contributed by atoms with Crippen LogP contribution in [0.25, 0.3) is 0 Å². The van der Waals surface area contributed by atoms with Crippen molar-refractivity contribution in [3.63, 3.8) is 0 Å². The summed E-state index contributed by atoms with van der Waals surface area (Å²) in [5, 5.41) is 0. The molecule has 2 rings (SSSR count). The Balaban J connectivity index is 0.00000220. The molecule has 2 N–H and O–H groups in total. The van der Waals surface area contributed by atoms with Crippen molar-refractivity contribution in [2.45, 2.75) is 18.9 Å². The molecule has 118 valence electrons. The van der Waals surface area contributed by atoms with E-state index in [-0.39, 0.29) is 30.7 Å². The largest absolute Gasteiger partial charge is 0.383 e. The van der Waals surface area contributed by atoms with E-state index >= 15 is 0 Å². The number of ether oxygens (including phenoxy) is 1. The summed E-state index contributed by atoms with van der Waals surface area (Å²) in [5.74, 6) is 0.148. The van der Waals surface area contributed by atoms with Crippen molar-refractivity contribution < 1.29 is 13.9 Å². The Labute approximate surface area is 130 Å². The van der Waals surface area contributed by atoms with Gasteiger partial charge in [0.05, 0.1) is 6.61 Å². The maximum Gasteiger partial charge on any atom is 0.241 e. The van der Waals surface area contributed by atoms with Gasteiger partial charge in [0.25, 0.3) is 0 Å². The molecule has 1 saturated heterocycles. The topological polar surface area (TPSA) is 55.6 Å². The normalized spacial score (nSPS) is 19.2. The number of hydrogen-bond acceptors (Lipinski definition) is 3. The van der Waals surface area contributed by atoms with Crippen molar-refractivity contribution in [1.29, 1.82) is 0 Å². The average molecular weight is 317 g/mol. The molecule has 0 spiro atoms. The van der Waals surface area contributed by atoms with Crippen molar-refractivity contribution in [3.8, 4) is 0 Å². The van der Waals surface area contributed by atoms with E-state index in [9.17, 15) is 9.18 Å². The number of likely N-dealkylation sites (tertiary alicyclic amines) is 1. The Hall–Kier alpha value is -1.17. The van der Waals surface area contributed by atoms with Gasteiger partial charge in [0, 0.05) is 20.2 Å². The standard InChI is InChI=1S/C15H21FN2O2.ClH/c1-20-10-14(17)15(19)18-7-6-12(9-18)8-11-2-4-13(16)5-3-11;/h2-5,12,14H,6-10,17H2,1H3;1H. The third-order valence-electron chi connectivity index (χ3n) is 3.70. The zero-order valence-electron chi connectivity index (χ0n) is 12.1. The minimum absolute atomic E-state index is 0. The molecule has 1 aromatic rings. The van der Waals surface area contributed by atoms with Crippen LogP contribution in [-0.2, 0) is 16.0 Å². The Morgan fingerprint density at radius 3 is 2.76 bits per heavy atom. The Morgan fingerprint density at radius 2 is 2.14 bits per heavy atom. The summed E-state index contributed by atoms with van der Waals surface area (Å²) in [4.78, 5) is 13.9. The van der Waals surface area contributed by atoms with Gasteiger partial charge in [0.2, 0.25) is 5.91 Å². The Kier molecular flexibility index (Phi) is 7.08. The highest BCUT2D eigenvalue weighted by Gasteiger charge is 2.29. The first-order valence-electron chi connectivity index (χ1n) is 6.88. The van der Waals surface area contributed by atoms with E-state index in [1.54, 1.807) is 17.0 Å². The first-order valence-corrected chi connectivity index (χ1v) is 6.88. The van der Waals surface area contributed by atoms with E-state index in [4.69, 9.17) is 10.5 Å². The Bertz CT molecular complexity index is 455. The minimum atomic E-state index is -0.579. The van der Waals surface area contributed by atoms with Crippen LogP contribution in [0.5, 0.6) is 0 Å². The number of amides is 1. The highest BCUT2D eigenvalue weighted by molar-refractivity contribution is 5.85.